The maximum Gasteiger partial charge on any atom is 0.224 e. The number of aliphatic hydroxyl groups is 2. The van der Waals surface area contributed by atoms with E-state index in [4.69, 9.17) is 4.74 Å². The van der Waals surface area contributed by atoms with Crippen molar-refractivity contribution in [3.8, 4) is 11.6 Å². The lowest BCUT2D eigenvalue weighted by molar-refractivity contribution is 0.125. The number of ether oxygens (including phenoxy) is 1. The molecule has 0 bridgehead atoms. The van der Waals surface area contributed by atoms with Crippen LogP contribution in [0.5, 0.6) is 5.75 Å². The van der Waals surface area contributed by atoms with Crippen LogP contribution in [0.25, 0.3) is 16.7 Å². The number of hydrogen-bond acceptors (Lipinski definition) is 9. The molecule has 1 aliphatic carbocycles. The number of aliphatic hydroxyl groups excluding tert-OH is 2. The van der Waals surface area contributed by atoms with Gasteiger partial charge in [-0.3, -0.25) is 0 Å². The van der Waals surface area contributed by atoms with E-state index in [1.165, 1.54) is 0 Å². The van der Waals surface area contributed by atoms with Gasteiger partial charge in [-0.1, -0.05) is 6.07 Å². The average molecular weight is 462 g/mol. The van der Waals surface area contributed by atoms with Crippen molar-refractivity contribution in [2.45, 2.75) is 43.9 Å². The Hall–Kier alpha value is -2.76. The van der Waals surface area contributed by atoms with Gasteiger partial charge in [-0.2, -0.15) is 10.1 Å². The zero-order valence-corrected chi connectivity index (χ0v) is 18.6. The van der Waals surface area contributed by atoms with Crippen molar-refractivity contribution in [1.29, 1.82) is 0 Å². The summed E-state index contributed by atoms with van der Waals surface area (Å²) in [5.41, 5.74) is 0.755. The van der Waals surface area contributed by atoms with Gasteiger partial charge in [0, 0.05) is 24.6 Å². The molecule has 2 aromatic heterocycles. The molecule has 11 heteroatoms. The fraction of sp³-hybridized carbons (Fsp3) is 0.476. The highest BCUT2D eigenvalue weighted by Gasteiger charge is 2.20. The van der Waals surface area contributed by atoms with Crippen molar-refractivity contribution in [3.63, 3.8) is 0 Å². The van der Waals surface area contributed by atoms with Crippen LogP contribution in [0.3, 0.4) is 0 Å². The maximum absolute atomic E-state index is 11.3. The van der Waals surface area contributed by atoms with Gasteiger partial charge in [0.15, 0.2) is 5.82 Å². The molecule has 1 atom stereocenters. The van der Waals surface area contributed by atoms with E-state index in [9.17, 15) is 18.6 Å². The van der Waals surface area contributed by atoms with Crippen LogP contribution >= 0.6 is 0 Å². The predicted molar refractivity (Wildman–Crippen MR) is 120 cm³/mol. The number of rotatable bonds is 8. The summed E-state index contributed by atoms with van der Waals surface area (Å²) in [6.07, 6.45) is 6.31. The molecule has 4 rings (SSSR count). The third kappa shape index (κ3) is 5.53. The Bertz CT molecular complexity index is 1170. The fourth-order valence-corrected chi connectivity index (χ4v) is 4.65. The maximum atomic E-state index is 11.3. The summed E-state index contributed by atoms with van der Waals surface area (Å²) in [5.74, 6) is 1.22. The SMILES string of the molecule is CS(=O)(=O)C[C@H](O)COc1cccc2c1cnn2-c1ccnc(NC2CCC(O)CC2)n1. The van der Waals surface area contributed by atoms with Crippen LogP contribution in [-0.4, -0.2) is 75.2 Å². The monoisotopic (exact) mass is 461 g/mol. The molecule has 1 aliphatic rings. The van der Waals surface area contributed by atoms with Crippen molar-refractivity contribution in [2.75, 3.05) is 23.9 Å². The van der Waals surface area contributed by atoms with Crippen molar-refractivity contribution in [3.05, 3.63) is 36.7 Å². The van der Waals surface area contributed by atoms with Gasteiger partial charge < -0.3 is 20.3 Å². The quantitative estimate of drug-likeness (QED) is 0.453. The molecular formula is C21H27N5O5S. The van der Waals surface area contributed by atoms with Crippen molar-refractivity contribution in [1.82, 2.24) is 19.7 Å². The summed E-state index contributed by atoms with van der Waals surface area (Å²) in [6, 6.07) is 7.39. The van der Waals surface area contributed by atoms with E-state index < -0.39 is 15.9 Å². The second kappa shape index (κ2) is 9.39. The number of sulfone groups is 1. The van der Waals surface area contributed by atoms with Crippen LogP contribution in [0.1, 0.15) is 25.7 Å². The fourth-order valence-electron chi connectivity index (χ4n) is 3.86. The highest BCUT2D eigenvalue weighted by molar-refractivity contribution is 7.90. The molecule has 1 fully saturated rings. The summed E-state index contributed by atoms with van der Waals surface area (Å²) in [4.78, 5) is 8.90. The summed E-state index contributed by atoms with van der Waals surface area (Å²) < 4.78 is 30.0. The summed E-state index contributed by atoms with van der Waals surface area (Å²) in [6.45, 7) is -0.144. The lowest BCUT2D eigenvalue weighted by Crippen LogP contribution is -2.29. The molecule has 0 amide bonds. The molecule has 0 aliphatic heterocycles. The Labute approximate surface area is 186 Å². The van der Waals surface area contributed by atoms with Gasteiger partial charge in [0.25, 0.3) is 0 Å². The second-order valence-corrected chi connectivity index (χ2v) is 10.4. The second-order valence-electron chi connectivity index (χ2n) is 8.19. The molecule has 0 radical (unpaired) electrons. The number of aromatic nitrogens is 4. The summed E-state index contributed by atoms with van der Waals surface area (Å²) in [7, 11) is -3.30. The largest absolute Gasteiger partial charge is 0.490 e. The third-order valence-corrected chi connectivity index (χ3v) is 6.38. The normalized spacial score (nSPS) is 20.2. The lowest BCUT2D eigenvalue weighted by Gasteiger charge is -2.26. The van der Waals surface area contributed by atoms with E-state index in [0.717, 1.165) is 37.5 Å². The minimum atomic E-state index is -3.30. The van der Waals surface area contributed by atoms with Gasteiger partial charge in [0.2, 0.25) is 5.95 Å². The molecule has 172 valence electrons. The topological polar surface area (TPSA) is 139 Å². The minimum Gasteiger partial charge on any atom is -0.490 e. The molecule has 0 saturated heterocycles. The standard InChI is InChI=1S/C21H27N5O5S/c1-32(29,30)13-16(28)12-31-19-4-2-3-18-17(19)11-23-26(18)20-9-10-22-21(25-20)24-14-5-7-15(27)8-6-14/h2-4,9-11,14-16,27-28H,5-8,12-13H2,1H3,(H,22,24,25)/t14?,15?,16-/m1/s1. The molecule has 10 nitrogen and oxygen atoms in total. The van der Waals surface area contributed by atoms with Crippen LogP contribution in [0.4, 0.5) is 5.95 Å². The van der Waals surface area contributed by atoms with Crippen LogP contribution in [-0.2, 0) is 9.84 Å². The molecule has 1 aromatic carbocycles. The Morgan fingerprint density at radius 1 is 1.25 bits per heavy atom. The van der Waals surface area contributed by atoms with Crippen LogP contribution < -0.4 is 10.1 Å². The van der Waals surface area contributed by atoms with Gasteiger partial charge >= 0.3 is 0 Å². The van der Waals surface area contributed by atoms with Crippen molar-refractivity contribution in [2.24, 2.45) is 0 Å². The first-order valence-corrected chi connectivity index (χ1v) is 12.6. The first-order chi connectivity index (χ1) is 15.3. The number of benzene rings is 1. The predicted octanol–water partition coefficient (Wildman–Crippen LogP) is 1.32. The summed E-state index contributed by atoms with van der Waals surface area (Å²) >= 11 is 0. The molecule has 3 N–H and O–H groups in total. The number of nitrogens with one attached hydrogen (secondary N) is 1. The number of nitrogens with zero attached hydrogens (tertiary/aromatic N) is 4. The lowest BCUT2D eigenvalue weighted by atomic mass is 9.93. The van der Waals surface area contributed by atoms with E-state index in [-0.39, 0.29) is 24.5 Å². The average Bonchev–Trinajstić information content (AvgIpc) is 3.18. The van der Waals surface area contributed by atoms with Gasteiger partial charge in [0.1, 0.15) is 28.3 Å². The third-order valence-electron chi connectivity index (χ3n) is 5.39. The van der Waals surface area contributed by atoms with Gasteiger partial charge in [0.05, 0.1) is 29.0 Å². The molecule has 0 spiro atoms. The highest BCUT2D eigenvalue weighted by Crippen LogP contribution is 2.27. The van der Waals surface area contributed by atoms with E-state index in [0.29, 0.717) is 22.9 Å². The van der Waals surface area contributed by atoms with E-state index in [1.54, 1.807) is 35.3 Å². The number of anilines is 1. The van der Waals surface area contributed by atoms with E-state index in [1.807, 2.05) is 6.07 Å². The van der Waals surface area contributed by atoms with E-state index >= 15 is 0 Å². The Balaban J connectivity index is 1.51. The molecule has 3 aromatic rings. The highest BCUT2D eigenvalue weighted by atomic mass is 32.2. The van der Waals surface area contributed by atoms with E-state index in [2.05, 4.69) is 20.4 Å². The van der Waals surface area contributed by atoms with Gasteiger partial charge in [-0.15, -0.1) is 0 Å². The van der Waals surface area contributed by atoms with Crippen LogP contribution in [0.15, 0.2) is 36.7 Å². The number of hydrogen-bond donors (Lipinski definition) is 3. The Morgan fingerprint density at radius 3 is 2.78 bits per heavy atom. The van der Waals surface area contributed by atoms with Crippen molar-refractivity contribution < 1.29 is 23.4 Å². The number of fused-ring (bicyclic) bond motifs is 1. The molecule has 32 heavy (non-hydrogen) atoms. The molecule has 2 heterocycles. The Morgan fingerprint density at radius 2 is 2.03 bits per heavy atom. The van der Waals surface area contributed by atoms with Crippen LogP contribution in [0.2, 0.25) is 0 Å². The van der Waals surface area contributed by atoms with Gasteiger partial charge in [-0.05, 0) is 37.8 Å². The van der Waals surface area contributed by atoms with Crippen LogP contribution in [0, 0.1) is 0 Å². The zero-order chi connectivity index (χ0) is 22.7. The molecule has 1 saturated carbocycles. The first-order valence-electron chi connectivity index (χ1n) is 10.5. The summed E-state index contributed by atoms with van der Waals surface area (Å²) in [5, 5.41) is 28.1. The zero-order valence-electron chi connectivity index (χ0n) is 17.8. The molecule has 0 unspecified atom stereocenters. The Kier molecular flexibility index (Phi) is 6.58. The minimum absolute atomic E-state index is 0.144. The molecular weight excluding hydrogens is 434 g/mol. The first kappa shape index (κ1) is 22.4. The smallest absolute Gasteiger partial charge is 0.224 e. The van der Waals surface area contributed by atoms with Crippen molar-refractivity contribution >= 4 is 26.7 Å². The van der Waals surface area contributed by atoms with Gasteiger partial charge in [-0.25, -0.2) is 18.1 Å².